The summed E-state index contributed by atoms with van der Waals surface area (Å²) in [6.07, 6.45) is 0. The van der Waals surface area contributed by atoms with E-state index in [4.69, 9.17) is 11.6 Å². The van der Waals surface area contributed by atoms with Crippen LogP contribution in [0.25, 0.3) is 0 Å². The van der Waals surface area contributed by atoms with Gasteiger partial charge in [-0.3, -0.25) is 4.79 Å². The van der Waals surface area contributed by atoms with Gasteiger partial charge in [-0.15, -0.1) is 10.2 Å². The number of benzene rings is 1. The number of nitrogens with one attached hydrogen (secondary N) is 1. The molecule has 90 valence electrons. The van der Waals surface area contributed by atoms with Gasteiger partial charge >= 0.3 is 0 Å². The SMILES string of the molecule is CNC(=O)/C(N=Nc1ccccc1Cl)=C(\C)O. The Morgan fingerprint density at radius 1 is 1.41 bits per heavy atom. The van der Waals surface area contributed by atoms with E-state index in [1.807, 2.05) is 0 Å². The number of likely N-dealkylation sites (N-methyl/N-ethyl adjacent to an activating group) is 1. The van der Waals surface area contributed by atoms with Crippen LogP contribution in [0.3, 0.4) is 0 Å². The minimum absolute atomic E-state index is 0.146. The van der Waals surface area contributed by atoms with Crippen LogP contribution in [0.4, 0.5) is 5.69 Å². The Morgan fingerprint density at radius 2 is 2.06 bits per heavy atom. The fourth-order valence-corrected chi connectivity index (χ4v) is 1.21. The number of azo groups is 1. The summed E-state index contributed by atoms with van der Waals surface area (Å²) >= 11 is 5.87. The molecule has 1 amide bonds. The Bertz CT molecular complexity index is 479. The van der Waals surface area contributed by atoms with Gasteiger partial charge in [0.05, 0.1) is 5.02 Å². The van der Waals surface area contributed by atoms with Gasteiger partial charge in [-0.1, -0.05) is 23.7 Å². The third kappa shape index (κ3) is 3.57. The molecule has 1 aromatic carbocycles. The van der Waals surface area contributed by atoms with Gasteiger partial charge in [0.2, 0.25) is 0 Å². The Morgan fingerprint density at radius 3 is 2.59 bits per heavy atom. The summed E-state index contributed by atoms with van der Waals surface area (Å²) < 4.78 is 0. The second-order valence-electron chi connectivity index (χ2n) is 3.16. The van der Waals surface area contributed by atoms with Gasteiger partial charge in [-0.2, -0.15) is 0 Å². The quantitative estimate of drug-likeness (QED) is 0.494. The number of halogens is 1. The number of aliphatic hydroxyl groups excluding tert-OH is 1. The van der Waals surface area contributed by atoms with Crippen molar-refractivity contribution in [1.82, 2.24) is 5.32 Å². The van der Waals surface area contributed by atoms with Gasteiger partial charge in [0.15, 0.2) is 5.70 Å². The minimum Gasteiger partial charge on any atom is -0.510 e. The van der Waals surface area contributed by atoms with Gasteiger partial charge in [0.25, 0.3) is 5.91 Å². The molecule has 0 heterocycles. The maximum atomic E-state index is 11.3. The molecule has 6 heteroatoms. The molecule has 0 spiro atoms. The summed E-state index contributed by atoms with van der Waals surface area (Å²) in [5, 5.41) is 19.6. The van der Waals surface area contributed by atoms with Crippen molar-refractivity contribution in [3.63, 3.8) is 0 Å². The summed E-state index contributed by atoms with van der Waals surface area (Å²) in [6.45, 7) is 1.36. The molecule has 0 unspecified atom stereocenters. The second kappa shape index (κ2) is 6.00. The topological polar surface area (TPSA) is 74.0 Å². The van der Waals surface area contributed by atoms with E-state index in [-0.39, 0.29) is 11.5 Å². The minimum atomic E-state index is -0.513. The van der Waals surface area contributed by atoms with E-state index >= 15 is 0 Å². The standard InChI is InChI=1S/C11H12ClN3O2/c1-7(16)10(11(17)13-2)15-14-9-6-4-3-5-8(9)12/h3-6,16H,1-2H3,(H,13,17)/b10-7-,15-14?. The number of allylic oxidation sites excluding steroid dienone is 1. The van der Waals surface area contributed by atoms with E-state index in [1.54, 1.807) is 24.3 Å². The Balaban J connectivity index is 3.01. The summed E-state index contributed by atoms with van der Waals surface area (Å²) in [5.41, 5.74) is 0.282. The molecule has 17 heavy (non-hydrogen) atoms. The van der Waals surface area contributed by atoms with Crippen LogP contribution in [0.2, 0.25) is 5.02 Å². The molecule has 0 aromatic heterocycles. The van der Waals surface area contributed by atoms with Crippen molar-refractivity contribution in [2.24, 2.45) is 10.2 Å². The lowest BCUT2D eigenvalue weighted by molar-refractivity contribution is -0.117. The van der Waals surface area contributed by atoms with Crippen LogP contribution in [0.5, 0.6) is 0 Å². The van der Waals surface area contributed by atoms with Gasteiger partial charge in [-0.05, 0) is 19.1 Å². The lowest BCUT2D eigenvalue weighted by Gasteiger charge is -2.00. The van der Waals surface area contributed by atoms with E-state index in [0.29, 0.717) is 10.7 Å². The molecular formula is C11H12ClN3O2. The van der Waals surface area contributed by atoms with Crippen molar-refractivity contribution >= 4 is 23.2 Å². The summed E-state index contributed by atoms with van der Waals surface area (Å²) in [7, 11) is 1.44. The molecular weight excluding hydrogens is 242 g/mol. The van der Waals surface area contributed by atoms with Crippen LogP contribution in [0.15, 0.2) is 46.0 Å². The molecule has 0 fully saturated rings. The van der Waals surface area contributed by atoms with Crippen LogP contribution in [-0.4, -0.2) is 18.1 Å². The lowest BCUT2D eigenvalue weighted by Crippen LogP contribution is -2.20. The first kappa shape index (κ1) is 13.2. The first-order chi connectivity index (χ1) is 8.06. The lowest BCUT2D eigenvalue weighted by atomic mass is 10.3. The predicted octanol–water partition coefficient (Wildman–Crippen LogP) is 2.96. The molecule has 0 bridgehead atoms. The maximum Gasteiger partial charge on any atom is 0.275 e. The van der Waals surface area contributed by atoms with Crippen LogP contribution in [0, 0.1) is 0 Å². The third-order valence-corrected chi connectivity index (χ3v) is 2.21. The van der Waals surface area contributed by atoms with Crippen molar-refractivity contribution in [2.45, 2.75) is 6.92 Å². The van der Waals surface area contributed by atoms with E-state index in [0.717, 1.165) is 0 Å². The highest BCUT2D eigenvalue weighted by molar-refractivity contribution is 6.32. The maximum absolute atomic E-state index is 11.3. The molecule has 0 saturated heterocycles. The number of carbonyl (C=O) groups is 1. The van der Waals surface area contributed by atoms with Gasteiger partial charge in [-0.25, -0.2) is 0 Å². The molecule has 1 aromatic rings. The van der Waals surface area contributed by atoms with E-state index in [9.17, 15) is 9.90 Å². The molecule has 1 rings (SSSR count). The molecule has 0 radical (unpaired) electrons. The molecule has 0 saturated carbocycles. The molecule has 0 atom stereocenters. The van der Waals surface area contributed by atoms with Gasteiger partial charge in [0, 0.05) is 7.05 Å². The molecule has 2 N–H and O–H groups in total. The number of nitrogens with zero attached hydrogens (tertiary/aromatic N) is 2. The first-order valence-electron chi connectivity index (χ1n) is 4.84. The Hall–Kier alpha value is -1.88. The number of amides is 1. The molecule has 0 aliphatic carbocycles. The van der Waals surface area contributed by atoms with Crippen LogP contribution in [-0.2, 0) is 4.79 Å². The third-order valence-electron chi connectivity index (χ3n) is 1.90. The Labute approximate surface area is 104 Å². The van der Waals surface area contributed by atoms with Crippen LogP contribution < -0.4 is 5.32 Å². The monoisotopic (exact) mass is 253 g/mol. The largest absolute Gasteiger partial charge is 0.510 e. The molecule has 0 aliphatic rings. The number of hydrogen-bond donors (Lipinski definition) is 2. The zero-order valence-corrected chi connectivity index (χ0v) is 10.2. The zero-order chi connectivity index (χ0) is 12.8. The van der Waals surface area contributed by atoms with Crippen molar-refractivity contribution in [3.8, 4) is 0 Å². The average Bonchev–Trinajstić information content (AvgIpc) is 2.30. The van der Waals surface area contributed by atoms with Gasteiger partial charge < -0.3 is 10.4 Å². The van der Waals surface area contributed by atoms with Crippen LogP contribution in [0.1, 0.15) is 6.92 Å². The summed E-state index contributed by atoms with van der Waals surface area (Å²) in [5.74, 6) is -0.721. The highest BCUT2D eigenvalue weighted by Crippen LogP contribution is 2.24. The highest BCUT2D eigenvalue weighted by atomic mass is 35.5. The highest BCUT2D eigenvalue weighted by Gasteiger charge is 2.10. The smallest absolute Gasteiger partial charge is 0.275 e. The van der Waals surface area contributed by atoms with Crippen molar-refractivity contribution in [2.75, 3.05) is 7.05 Å². The predicted molar refractivity (Wildman–Crippen MR) is 65.4 cm³/mol. The van der Waals surface area contributed by atoms with Crippen molar-refractivity contribution < 1.29 is 9.90 Å². The fourth-order valence-electron chi connectivity index (χ4n) is 1.04. The van der Waals surface area contributed by atoms with E-state index < -0.39 is 5.91 Å². The van der Waals surface area contributed by atoms with E-state index in [1.165, 1.54) is 14.0 Å². The molecule has 0 aliphatic heterocycles. The molecule has 5 nitrogen and oxygen atoms in total. The van der Waals surface area contributed by atoms with Gasteiger partial charge in [0.1, 0.15) is 11.4 Å². The first-order valence-corrected chi connectivity index (χ1v) is 5.22. The number of hydrogen-bond acceptors (Lipinski definition) is 4. The number of rotatable bonds is 3. The van der Waals surface area contributed by atoms with Crippen molar-refractivity contribution in [3.05, 3.63) is 40.7 Å². The second-order valence-corrected chi connectivity index (χ2v) is 3.57. The Kier molecular flexibility index (Phi) is 4.66. The number of aliphatic hydroxyl groups is 1. The van der Waals surface area contributed by atoms with E-state index in [2.05, 4.69) is 15.5 Å². The fraction of sp³-hybridized carbons (Fsp3) is 0.182. The number of carbonyl (C=O) groups excluding carboxylic acids is 1. The summed E-state index contributed by atoms with van der Waals surface area (Å²) in [4.78, 5) is 11.3. The normalized spacial score (nSPS) is 12.4. The van der Waals surface area contributed by atoms with Crippen molar-refractivity contribution in [1.29, 1.82) is 0 Å². The summed E-state index contributed by atoms with van der Waals surface area (Å²) in [6, 6.07) is 6.81. The zero-order valence-electron chi connectivity index (χ0n) is 9.44. The van der Waals surface area contributed by atoms with Crippen LogP contribution >= 0.6 is 11.6 Å². The average molecular weight is 254 g/mol.